The second kappa shape index (κ2) is 8.14. The van der Waals surface area contributed by atoms with Crippen LogP contribution in [0.2, 0.25) is 0 Å². The number of hydrogen-bond donors (Lipinski definition) is 1. The van der Waals surface area contributed by atoms with Crippen LogP contribution < -0.4 is 5.32 Å². The summed E-state index contributed by atoms with van der Waals surface area (Å²) in [6.45, 7) is 2.49. The largest absolute Gasteiger partial charge is 0.383 e. The van der Waals surface area contributed by atoms with Gasteiger partial charge < -0.3 is 10.1 Å². The molecule has 0 bridgehead atoms. The Morgan fingerprint density at radius 2 is 2.12 bits per heavy atom. The number of thioether (sulfide) groups is 1. The highest BCUT2D eigenvalue weighted by Gasteiger charge is 2.06. The summed E-state index contributed by atoms with van der Waals surface area (Å²) in [7, 11) is 1.63. The number of amides is 1. The maximum atomic E-state index is 11.5. The molecule has 94 valence electrons. The zero-order chi connectivity index (χ0) is 12.5. The summed E-state index contributed by atoms with van der Waals surface area (Å²) < 4.78 is 4.96. The van der Waals surface area contributed by atoms with Crippen molar-refractivity contribution in [2.45, 2.75) is 24.3 Å². The molecule has 1 aromatic rings. The van der Waals surface area contributed by atoms with Crippen molar-refractivity contribution in [3.8, 4) is 0 Å². The van der Waals surface area contributed by atoms with E-state index in [9.17, 15) is 4.79 Å². The molecule has 17 heavy (non-hydrogen) atoms. The molecule has 4 heteroatoms. The zero-order valence-corrected chi connectivity index (χ0v) is 11.1. The molecule has 1 atom stereocenters. The minimum atomic E-state index is 0.0780. The smallest absolute Gasteiger partial charge is 0.221 e. The predicted octanol–water partition coefficient (Wildman–Crippen LogP) is 2.32. The fourth-order valence-corrected chi connectivity index (χ4v) is 2.29. The van der Waals surface area contributed by atoms with E-state index >= 15 is 0 Å². The number of ether oxygens (including phenoxy) is 1. The van der Waals surface area contributed by atoms with Crippen LogP contribution in [-0.2, 0) is 9.53 Å². The van der Waals surface area contributed by atoms with E-state index in [0.29, 0.717) is 13.0 Å². The normalized spacial score (nSPS) is 12.1. The molecule has 0 saturated carbocycles. The Bertz CT molecular complexity index is 329. The van der Waals surface area contributed by atoms with Crippen LogP contribution in [0.1, 0.15) is 13.3 Å². The van der Waals surface area contributed by atoms with E-state index in [1.54, 1.807) is 18.9 Å². The maximum Gasteiger partial charge on any atom is 0.221 e. The molecule has 0 aliphatic carbocycles. The maximum absolute atomic E-state index is 11.5. The lowest BCUT2D eigenvalue weighted by atomic mass is 10.3. The van der Waals surface area contributed by atoms with E-state index in [1.165, 1.54) is 4.90 Å². The number of nitrogens with one attached hydrogen (secondary N) is 1. The Labute approximate surface area is 107 Å². The predicted molar refractivity (Wildman–Crippen MR) is 71.3 cm³/mol. The fourth-order valence-electron chi connectivity index (χ4n) is 1.42. The molecular formula is C13H19NO2S. The molecule has 0 aromatic heterocycles. The van der Waals surface area contributed by atoms with Crippen LogP contribution in [0.5, 0.6) is 0 Å². The van der Waals surface area contributed by atoms with Crippen molar-refractivity contribution in [1.82, 2.24) is 5.32 Å². The van der Waals surface area contributed by atoms with Gasteiger partial charge in [0, 0.05) is 30.2 Å². The molecule has 1 amide bonds. The van der Waals surface area contributed by atoms with E-state index in [1.807, 2.05) is 25.1 Å². The van der Waals surface area contributed by atoms with Gasteiger partial charge in [0.25, 0.3) is 0 Å². The monoisotopic (exact) mass is 253 g/mol. The van der Waals surface area contributed by atoms with Crippen molar-refractivity contribution in [3.05, 3.63) is 30.3 Å². The number of benzene rings is 1. The molecule has 0 radical (unpaired) electrons. The summed E-state index contributed by atoms with van der Waals surface area (Å²) >= 11 is 1.70. The Hall–Kier alpha value is -1.00. The van der Waals surface area contributed by atoms with Crippen molar-refractivity contribution >= 4 is 17.7 Å². The molecule has 1 N–H and O–H groups in total. The van der Waals surface area contributed by atoms with Gasteiger partial charge in [-0.1, -0.05) is 18.2 Å². The van der Waals surface area contributed by atoms with Crippen LogP contribution in [0.25, 0.3) is 0 Å². The summed E-state index contributed by atoms with van der Waals surface area (Å²) in [4.78, 5) is 12.7. The Morgan fingerprint density at radius 1 is 1.41 bits per heavy atom. The quantitative estimate of drug-likeness (QED) is 0.758. The van der Waals surface area contributed by atoms with Crippen molar-refractivity contribution in [2.24, 2.45) is 0 Å². The van der Waals surface area contributed by atoms with Gasteiger partial charge in [0.05, 0.1) is 6.61 Å². The van der Waals surface area contributed by atoms with Crippen LogP contribution in [0.3, 0.4) is 0 Å². The van der Waals surface area contributed by atoms with Gasteiger partial charge in [-0.05, 0) is 19.1 Å². The molecular weight excluding hydrogens is 234 g/mol. The highest BCUT2D eigenvalue weighted by atomic mass is 32.2. The van der Waals surface area contributed by atoms with Crippen LogP contribution in [0.15, 0.2) is 35.2 Å². The second-order valence-corrected chi connectivity index (χ2v) is 5.00. The summed E-state index contributed by atoms with van der Waals surface area (Å²) in [6.07, 6.45) is 0.535. The van der Waals surface area contributed by atoms with E-state index in [2.05, 4.69) is 17.4 Å². The first-order valence-electron chi connectivity index (χ1n) is 5.68. The molecule has 0 heterocycles. The van der Waals surface area contributed by atoms with Crippen molar-refractivity contribution in [3.63, 3.8) is 0 Å². The number of carbonyl (C=O) groups is 1. The molecule has 0 spiro atoms. The van der Waals surface area contributed by atoms with Gasteiger partial charge in [-0.2, -0.15) is 0 Å². The molecule has 0 aliphatic heterocycles. The summed E-state index contributed by atoms with van der Waals surface area (Å²) in [5.74, 6) is 0.883. The molecule has 3 nitrogen and oxygen atoms in total. The van der Waals surface area contributed by atoms with Gasteiger partial charge in [-0.25, -0.2) is 0 Å². The third-order valence-corrected chi connectivity index (χ3v) is 3.18. The van der Waals surface area contributed by atoms with E-state index in [4.69, 9.17) is 4.74 Å². The molecule has 0 saturated heterocycles. The lowest BCUT2D eigenvalue weighted by molar-refractivity contribution is -0.121. The third-order valence-electron chi connectivity index (χ3n) is 2.17. The number of rotatable bonds is 7. The Morgan fingerprint density at radius 3 is 2.76 bits per heavy atom. The molecule has 0 aliphatic rings. The first-order chi connectivity index (χ1) is 8.22. The summed E-state index contributed by atoms with van der Waals surface area (Å²) in [5, 5.41) is 2.89. The minimum absolute atomic E-state index is 0.0780. The number of hydrogen-bond acceptors (Lipinski definition) is 3. The van der Waals surface area contributed by atoms with E-state index < -0.39 is 0 Å². The van der Waals surface area contributed by atoms with Gasteiger partial charge >= 0.3 is 0 Å². The van der Waals surface area contributed by atoms with Crippen molar-refractivity contribution in [1.29, 1.82) is 0 Å². The fraction of sp³-hybridized carbons (Fsp3) is 0.462. The zero-order valence-electron chi connectivity index (χ0n) is 10.3. The second-order valence-electron chi connectivity index (χ2n) is 3.84. The highest BCUT2D eigenvalue weighted by Crippen LogP contribution is 2.17. The lowest BCUT2D eigenvalue weighted by Gasteiger charge is -2.12. The Kier molecular flexibility index (Phi) is 6.74. The molecule has 1 aromatic carbocycles. The average Bonchev–Trinajstić information content (AvgIpc) is 2.30. The van der Waals surface area contributed by atoms with E-state index in [-0.39, 0.29) is 11.9 Å². The van der Waals surface area contributed by atoms with Gasteiger partial charge in [0.15, 0.2) is 0 Å². The number of methoxy groups -OCH3 is 1. The third kappa shape index (κ3) is 6.34. The van der Waals surface area contributed by atoms with Gasteiger partial charge in [-0.3, -0.25) is 4.79 Å². The van der Waals surface area contributed by atoms with Crippen molar-refractivity contribution in [2.75, 3.05) is 19.5 Å². The van der Waals surface area contributed by atoms with Crippen molar-refractivity contribution < 1.29 is 9.53 Å². The lowest BCUT2D eigenvalue weighted by Crippen LogP contribution is -2.35. The van der Waals surface area contributed by atoms with Crippen LogP contribution >= 0.6 is 11.8 Å². The SMILES string of the molecule is COC[C@H](C)NC(=O)CCSc1ccccc1. The van der Waals surface area contributed by atoms with Crippen LogP contribution in [0.4, 0.5) is 0 Å². The standard InChI is InChI=1S/C13H19NO2S/c1-11(10-16-2)14-13(15)8-9-17-12-6-4-3-5-7-12/h3-7,11H,8-10H2,1-2H3,(H,14,15)/t11-/m0/s1. The summed E-state index contributed by atoms with van der Waals surface area (Å²) in [6, 6.07) is 10.2. The highest BCUT2D eigenvalue weighted by molar-refractivity contribution is 7.99. The molecule has 1 rings (SSSR count). The topological polar surface area (TPSA) is 38.3 Å². The molecule has 0 unspecified atom stereocenters. The summed E-state index contributed by atoms with van der Waals surface area (Å²) in [5.41, 5.74) is 0. The van der Waals surface area contributed by atoms with Crippen LogP contribution in [-0.4, -0.2) is 31.4 Å². The first-order valence-corrected chi connectivity index (χ1v) is 6.67. The first kappa shape index (κ1) is 14.1. The number of carbonyl (C=O) groups excluding carboxylic acids is 1. The van der Waals surface area contributed by atoms with Crippen LogP contribution in [0, 0.1) is 0 Å². The van der Waals surface area contributed by atoms with Gasteiger partial charge in [0.2, 0.25) is 5.91 Å². The average molecular weight is 253 g/mol. The van der Waals surface area contributed by atoms with Gasteiger partial charge in [0.1, 0.15) is 0 Å². The molecule has 0 fully saturated rings. The van der Waals surface area contributed by atoms with E-state index in [0.717, 1.165) is 5.75 Å². The Balaban J connectivity index is 2.16. The minimum Gasteiger partial charge on any atom is -0.383 e. The van der Waals surface area contributed by atoms with Gasteiger partial charge in [-0.15, -0.1) is 11.8 Å².